The van der Waals surface area contributed by atoms with Gasteiger partial charge in [-0.25, -0.2) is 14.2 Å². The largest absolute Gasteiger partial charge is 0.324 e. The zero-order valence-electron chi connectivity index (χ0n) is 15.6. The number of urea groups is 1. The van der Waals surface area contributed by atoms with Crippen molar-refractivity contribution in [1.29, 1.82) is 0 Å². The van der Waals surface area contributed by atoms with Crippen LogP contribution >= 0.6 is 0 Å². The Morgan fingerprint density at radius 2 is 1.96 bits per heavy atom. The van der Waals surface area contributed by atoms with Gasteiger partial charge in [0.2, 0.25) is 0 Å². The lowest BCUT2D eigenvalue weighted by Crippen LogP contribution is -2.42. The Morgan fingerprint density at radius 3 is 2.71 bits per heavy atom. The summed E-state index contributed by atoms with van der Waals surface area (Å²) in [6, 6.07) is 11.5. The number of carbonyl (C=O) groups is 1. The van der Waals surface area contributed by atoms with E-state index >= 15 is 0 Å². The van der Waals surface area contributed by atoms with Crippen molar-refractivity contribution in [3.8, 4) is 0 Å². The number of likely N-dealkylation sites (tertiary alicyclic amines) is 1. The molecule has 1 aromatic heterocycles. The minimum Gasteiger partial charge on any atom is -0.324 e. The highest BCUT2D eigenvalue weighted by Crippen LogP contribution is 2.22. The zero-order valence-corrected chi connectivity index (χ0v) is 15.6. The standard InChI is InChI=1S/C21H21FN4O2/c1-14-3-2-4-16(11-14)24-21(28)25-9-7-17(8-10-25)26-13-23-19-6-5-15(22)12-18(19)20(26)27/h2-6,11-13,17H,7-10H2,1H3,(H,24,28). The average molecular weight is 380 g/mol. The van der Waals surface area contributed by atoms with Crippen molar-refractivity contribution in [3.63, 3.8) is 0 Å². The van der Waals surface area contributed by atoms with Gasteiger partial charge < -0.3 is 10.2 Å². The minimum absolute atomic E-state index is 0.0595. The number of nitrogens with zero attached hydrogens (tertiary/aromatic N) is 3. The van der Waals surface area contributed by atoms with Crippen molar-refractivity contribution in [1.82, 2.24) is 14.5 Å². The molecule has 1 saturated heterocycles. The van der Waals surface area contributed by atoms with E-state index in [1.54, 1.807) is 9.47 Å². The van der Waals surface area contributed by atoms with E-state index in [0.29, 0.717) is 31.4 Å². The summed E-state index contributed by atoms with van der Waals surface area (Å²) in [6.45, 7) is 3.05. The van der Waals surface area contributed by atoms with Crippen LogP contribution in [0.25, 0.3) is 10.9 Å². The summed E-state index contributed by atoms with van der Waals surface area (Å²) in [7, 11) is 0. The monoisotopic (exact) mass is 380 g/mol. The molecule has 0 unspecified atom stereocenters. The SMILES string of the molecule is Cc1cccc(NC(=O)N2CCC(n3cnc4ccc(F)cc4c3=O)CC2)c1. The lowest BCUT2D eigenvalue weighted by molar-refractivity contribution is 0.182. The van der Waals surface area contributed by atoms with Gasteiger partial charge in [0.15, 0.2) is 0 Å². The molecule has 144 valence electrons. The lowest BCUT2D eigenvalue weighted by atomic mass is 10.0. The number of aryl methyl sites for hydroxylation is 1. The van der Waals surface area contributed by atoms with Gasteiger partial charge in [0.05, 0.1) is 17.2 Å². The zero-order chi connectivity index (χ0) is 19.7. The molecule has 2 aromatic carbocycles. The normalized spacial score (nSPS) is 15.0. The van der Waals surface area contributed by atoms with Crippen molar-refractivity contribution < 1.29 is 9.18 Å². The molecule has 0 atom stereocenters. The number of halogens is 1. The number of anilines is 1. The van der Waals surface area contributed by atoms with Crippen molar-refractivity contribution in [3.05, 3.63) is 70.5 Å². The van der Waals surface area contributed by atoms with Crippen molar-refractivity contribution in [2.75, 3.05) is 18.4 Å². The van der Waals surface area contributed by atoms with Crippen LogP contribution in [-0.2, 0) is 0 Å². The van der Waals surface area contributed by atoms with Crippen molar-refractivity contribution >= 4 is 22.6 Å². The van der Waals surface area contributed by atoms with E-state index in [0.717, 1.165) is 11.3 Å². The summed E-state index contributed by atoms with van der Waals surface area (Å²) in [4.78, 5) is 31.3. The molecular weight excluding hydrogens is 359 g/mol. The number of amides is 2. The van der Waals surface area contributed by atoms with Gasteiger partial charge in [-0.2, -0.15) is 0 Å². The van der Waals surface area contributed by atoms with E-state index in [-0.39, 0.29) is 23.0 Å². The van der Waals surface area contributed by atoms with Crippen LogP contribution in [0.15, 0.2) is 53.6 Å². The Labute approximate surface area is 161 Å². The van der Waals surface area contributed by atoms with Crippen LogP contribution in [0.3, 0.4) is 0 Å². The Hall–Kier alpha value is -3.22. The number of nitrogens with one attached hydrogen (secondary N) is 1. The fourth-order valence-corrected chi connectivity index (χ4v) is 3.64. The van der Waals surface area contributed by atoms with E-state index < -0.39 is 5.82 Å². The molecule has 1 aliphatic heterocycles. The summed E-state index contributed by atoms with van der Waals surface area (Å²) in [6.07, 6.45) is 2.81. The highest BCUT2D eigenvalue weighted by Gasteiger charge is 2.25. The molecule has 0 radical (unpaired) electrons. The first-order chi connectivity index (χ1) is 13.5. The molecule has 2 heterocycles. The quantitative estimate of drug-likeness (QED) is 0.737. The summed E-state index contributed by atoms with van der Waals surface area (Å²) >= 11 is 0. The molecule has 7 heteroatoms. The second kappa shape index (κ2) is 7.42. The number of aromatic nitrogens is 2. The fraction of sp³-hybridized carbons (Fsp3) is 0.286. The third kappa shape index (κ3) is 3.60. The van der Waals surface area contributed by atoms with Gasteiger partial charge in [0.25, 0.3) is 5.56 Å². The number of fused-ring (bicyclic) bond motifs is 1. The molecule has 0 bridgehead atoms. The van der Waals surface area contributed by atoms with Crippen molar-refractivity contribution in [2.24, 2.45) is 0 Å². The molecule has 0 spiro atoms. The van der Waals surface area contributed by atoms with E-state index in [1.165, 1.54) is 24.5 Å². The average Bonchev–Trinajstić information content (AvgIpc) is 2.69. The van der Waals surface area contributed by atoms with Crippen LogP contribution in [0.4, 0.5) is 14.9 Å². The van der Waals surface area contributed by atoms with Crippen LogP contribution in [-0.4, -0.2) is 33.6 Å². The van der Waals surface area contributed by atoms with E-state index in [4.69, 9.17) is 0 Å². The number of hydrogen-bond donors (Lipinski definition) is 1. The van der Waals surface area contributed by atoms with Crippen LogP contribution < -0.4 is 10.9 Å². The summed E-state index contributed by atoms with van der Waals surface area (Å²) in [5.74, 6) is -0.452. The Kier molecular flexibility index (Phi) is 4.81. The molecule has 6 nitrogen and oxygen atoms in total. The minimum atomic E-state index is -0.452. The van der Waals surface area contributed by atoms with E-state index in [1.807, 2.05) is 31.2 Å². The van der Waals surface area contributed by atoms with Gasteiger partial charge in [0, 0.05) is 24.8 Å². The van der Waals surface area contributed by atoms with E-state index in [9.17, 15) is 14.0 Å². The number of benzene rings is 2. The first-order valence-electron chi connectivity index (χ1n) is 9.30. The molecule has 1 aliphatic rings. The number of carbonyl (C=O) groups excluding carboxylic acids is 1. The molecule has 2 amide bonds. The molecular formula is C21H21FN4O2. The lowest BCUT2D eigenvalue weighted by Gasteiger charge is -2.32. The van der Waals surface area contributed by atoms with Gasteiger partial charge in [0.1, 0.15) is 5.82 Å². The highest BCUT2D eigenvalue weighted by molar-refractivity contribution is 5.89. The number of piperidine rings is 1. The van der Waals surface area contributed by atoms with E-state index in [2.05, 4.69) is 10.3 Å². The molecule has 0 aliphatic carbocycles. The summed E-state index contributed by atoms with van der Waals surface area (Å²) < 4.78 is 15.1. The van der Waals surface area contributed by atoms with Crippen molar-refractivity contribution in [2.45, 2.75) is 25.8 Å². The van der Waals surface area contributed by atoms with Gasteiger partial charge >= 0.3 is 6.03 Å². The second-order valence-corrected chi connectivity index (χ2v) is 7.14. The first kappa shape index (κ1) is 18.2. The highest BCUT2D eigenvalue weighted by atomic mass is 19.1. The van der Waals surface area contributed by atoms with Gasteiger partial charge in [-0.3, -0.25) is 9.36 Å². The maximum absolute atomic E-state index is 13.5. The third-order valence-electron chi connectivity index (χ3n) is 5.16. The van der Waals surface area contributed by atoms with Gasteiger partial charge in [-0.05, 0) is 55.7 Å². The second-order valence-electron chi connectivity index (χ2n) is 7.14. The molecule has 1 N–H and O–H groups in total. The summed E-state index contributed by atoms with van der Waals surface area (Å²) in [5.41, 5.74) is 2.09. The maximum Gasteiger partial charge on any atom is 0.321 e. The first-order valence-corrected chi connectivity index (χ1v) is 9.30. The molecule has 4 rings (SSSR count). The maximum atomic E-state index is 13.5. The number of hydrogen-bond acceptors (Lipinski definition) is 3. The van der Waals surface area contributed by atoms with Crippen LogP contribution in [0, 0.1) is 12.7 Å². The van der Waals surface area contributed by atoms with Gasteiger partial charge in [-0.15, -0.1) is 0 Å². The smallest absolute Gasteiger partial charge is 0.321 e. The van der Waals surface area contributed by atoms with Gasteiger partial charge in [-0.1, -0.05) is 12.1 Å². The predicted octanol–water partition coefficient (Wildman–Crippen LogP) is 3.71. The fourth-order valence-electron chi connectivity index (χ4n) is 3.64. The van der Waals surface area contributed by atoms with Crippen LogP contribution in [0.5, 0.6) is 0 Å². The predicted molar refractivity (Wildman–Crippen MR) is 106 cm³/mol. The number of rotatable bonds is 2. The molecule has 0 saturated carbocycles. The Bertz CT molecular complexity index is 1090. The molecule has 3 aromatic rings. The topological polar surface area (TPSA) is 67.2 Å². The van der Waals surface area contributed by atoms with Crippen LogP contribution in [0.1, 0.15) is 24.4 Å². The molecule has 1 fully saturated rings. The molecule has 28 heavy (non-hydrogen) atoms. The summed E-state index contributed by atoms with van der Waals surface area (Å²) in [5, 5.41) is 3.19. The Morgan fingerprint density at radius 1 is 1.18 bits per heavy atom. The van der Waals surface area contributed by atoms with Crippen LogP contribution in [0.2, 0.25) is 0 Å². The Balaban J connectivity index is 1.45. The third-order valence-corrected chi connectivity index (χ3v) is 5.16.